The van der Waals surface area contributed by atoms with E-state index in [1.54, 1.807) is 7.11 Å². The molecule has 0 aliphatic rings. The first-order valence-electron chi connectivity index (χ1n) is 6.72. The van der Waals surface area contributed by atoms with Crippen molar-refractivity contribution in [1.29, 1.82) is 0 Å². The van der Waals surface area contributed by atoms with Crippen LogP contribution in [0.3, 0.4) is 0 Å². The van der Waals surface area contributed by atoms with Gasteiger partial charge in [-0.1, -0.05) is 45.8 Å². The van der Waals surface area contributed by atoms with Crippen LogP contribution >= 0.6 is 15.9 Å². The molecule has 3 heteroatoms. The number of hydrogen-bond donors (Lipinski definition) is 1. The molecule has 2 aromatic carbocycles. The van der Waals surface area contributed by atoms with Crippen LogP contribution in [0.2, 0.25) is 0 Å². The van der Waals surface area contributed by atoms with E-state index < -0.39 is 0 Å². The third-order valence-electron chi connectivity index (χ3n) is 3.42. The van der Waals surface area contributed by atoms with Gasteiger partial charge in [-0.05, 0) is 37.6 Å². The van der Waals surface area contributed by atoms with E-state index in [0.29, 0.717) is 6.04 Å². The fourth-order valence-electron chi connectivity index (χ4n) is 2.12. The number of nitrogens with one attached hydrogen (secondary N) is 1. The number of halogens is 1. The molecular weight excluding hydrogens is 314 g/mol. The number of hydrogen-bond acceptors (Lipinski definition) is 2. The summed E-state index contributed by atoms with van der Waals surface area (Å²) in [6, 6.07) is 15.0. The highest BCUT2D eigenvalue weighted by molar-refractivity contribution is 9.10. The number of aryl methyl sites for hydroxylation is 1. The monoisotopic (exact) mass is 333 g/mol. The SMILES string of the molecule is COc1ccc(Br)cc1CNC(C)c1ccc(C)cc1. The van der Waals surface area contributed by atoms with Gasteiger partial charge in [0.2, 0.25) is 0 Å². The zero-order valence-electron chi connectivity index (χ0n) is 12.1. The first kappa shape index (κ1) is 15.1. The number of methoxy groups -OCH3 is 1. The van der Waals surface area contributed by atoms with E-state index >= 15 is 0 Å². The highest BCUT2D eigenvalue weighted by Crippen LogP contribution is 2.23. The fourth-order valence-corrected chi connectivity index (χ4v) is 2.53. The molecule has 1 atom stereocenters. The Labute approximate surface area is 129 Å². The smallest absolute Gasteiger partial charge is 0.123 e. The van der Waals surface area contributed by atoms with Crippen LogP contribution in [0.1, 0.15) is 29.7 Å². The van der Waals surface area contributed by atoms with Gasteiger partial charge >= 0.3 is 0 Å². The molecule has 0 aliphatic carbocycles. The molecule has 0 saturated heterocycles. The Balaban J connectivity index is 2.04. The van der Waals surface area contributed by atoms with Gasteiger partial charge in [0.05, 0.1) is 7.11 Å². The maximum absolute atomic E-state index is 5.39. The zero-order valence-corrected chi connectivity index (χ0v) is 13.7. The second-order valence-electron chi connectivity index (χ2n) is 4.97. The lowest BCUT2D eigenvalue weighted by Crippen LogP contribution is -2.18. The van der Waals surface area contributed by atoms with Crippen LogP contribution in [-0.4, -0.2) is 7.11 Å². The molecule has 2 nitrogen and oxygen atoms in total. The lowest BCUT2D eigenvalue weighted by molar-refractivity contribution is 0.406. The maximum atomic E-state index is 5.39. The van der Waals surface area contributed by atoms with E-state index in [-0.39, 0.29) is 0 Å². The van der Waals surface area contributed by atoms with Crippen LogP contribution in [0.25, 0.3) is 0 Å². The summed E-state index contributed by atoms with van der Waals surface area (Å²) in [5, 5.41) is 3.54. The summed E-state index contributed by atoms with van der Waals surface area (Å²) in [4.78, 5) is 0. The largest absolute Gasteiger partial charge is 0.496 e. The Morgan fingerprint density at radius 3 is 2.50 bits per heavy atom. The summed E-state index contributed by atoms with van der Waals surface area (Å²) in [5.41, 5.74) is 3.74. The molecule has 0 saturated carbocycles. The summed E-state index contributed by atoms with van der Waals surface area (Å²) in [6.07, 6.45) is 0. The molecule has 0 aliphatic heterocycles. The van der Waals surface area contributed by atoms with Crippen LogP contribution < -0.4 is 10.1 Å². The topological polar surface area (TPSA) is 21.3 Å². The second-order valence-corrected chi connectivity index (χ2v) is 5.89. The van der Waals surface area contributed by atoms with E-state index in [9.17, 15) is 0 Å². The molecule has 2 rings (SSSR count). The van der Waals surface area contributed by atoms with E-state index in [1.807, 2.05) is 12.1 Å². The highest BCUT2D eigenvalue weighted by Gasteiger charge is 2.08. The van der Waals surface area contributed by atoms with Crippen molar-refractivity contribution in [3.63, 3.8) is 0 Å². The third-order valence-corrected chi connectivity index (χ3v) is 3.91. The molecule has 0 aromatic heterocycles. The van der Waals surface area contributed by atoms with Crippen molar-refractivity contribution in [3.8, 4) is 5.75 Å². The average molecular weight is 334 g/mol. The molecule has 106 valence electrons. The minimum Gasteiger partial charge on any atom is -0.496 e. The van der Waals surface area contributed by atoms with E-state index in [1.165, 1.54) is 11.1 Å². The molecule has 0 amide bonds. The molecule has 0 heterocycles. The van der Waals surface area contributed by atoms with Crippen molar-refractivity contribution in [3.05, 3.63) is 63.6 Å². The zero-order chi connectivity index (χ0) is 14.5. The lowest BCUT2D eigenvalue weighted by Gasteiger charge is -2.16. The Morgan fingerprint density at radius 1 is 1.15 bits per heavy atom. The number of ether oxygens (including phenoxy) is 1. The van der Waals surface area contributed by atoms with Gasteiger partial charge in [0.15, 0.2) is 0 Å². The molecule has 20 heavy (non-hydrogen) atoms. The van der Waals surface area contributed by atoms with E-state index in [4.69, 9.17) is 4.74 Å². The summed E-state index contributed by atoms with van der Waals surface area (Å²) >= 11 is 3.50. The van der Waals surface area contributed by atoms with Gasteiger partial charge < -0.3 is 10.1 Å². The van der Waals surface area contributed by atoms with Crippen LogP contribution in [0, 0.1) is 6.92 Å². The summed E-state index contributed by atoms with van der Waals surface area (Å²) < 4.78 is 6.46. The molecule has 0 fully saturated rings. The molecule has 0 radical (unpaired) electrons. The van der Waals surface area contributed by atoms with Crippen molar-refractivity contribution in [2.45, 2.75) is 26.4 Å². The quantitative estimate of drug-likeness (QED) is 0.862. The van der Waals surface area contributed by atoms with Gasteiger partial charge in [-0.25, -0.2) is 0 Å². The summed E-state index contributed by atoms with van der Waals surface area (Å²) in [5.74, 6) is 0.914. The molecule has 1 N–H and O–H groups in total. The molecule has 1 unspecified atom stereocenters. The van der Waals surface area contributed by atoms with Crippen LogP contribution in [0.4, 0.5) is 0 Å². The standard InChI is InChI=1S/C17H20BrNO/c1-12-4-6-14(7-5-12)13(2)19-11-15-10-16(18)8-9-17(15)20-3/h4-10,13,19H,11H2,1-3H3. The van der Waals surface area contributed by atoms with Gasteiger partial charge in [-0.15, -0.1) is 0 Å². The van der Waals surface area contributed by atoms with E-state index in [2.05, 4.69) is 65.4 Å². The van der Waals surface area contributed by atoms with Crippen LogP contribution in [0.5, 0.6) is 5.75 Å². The second kappa shape index (κ2) is 6.91. The molecule has 0 spiro atoms. The number of benzene rings is 2. The predicted octanol–water partition coefficient (Wildman–Crippen LogP) is 4.62. The average Bonchev–Trinajstić information content (AvgIpc) is 2.45. The van der Waals surface area contributed by atoms with Gasteiger partial charge in [0.1, 0.15) is 5.75 Å². The van der Waals surface area contributed by atoms with Gasteiger partial charge in [0, 0.05) is 22.6 Å². The Bertz CT molecular complexity index is 566. The Kier molecular flexibility index (Phi) is 5.21. The summed E-state index contributed by atoms with van der Waals surface area (Å²) in [7, 11) is 1.70. The van der Waals surface area contributed by atoms with Gasteiger partial charge in [-0.3, -0.25) is 0 Å². The van der Waals surface area contributed by atoms with Crippen molar-refractivity contribution >= 4 is 15.9 Å². The first-order valence-corrected chi connectivity index (χ1v) is 7.52. The first-order chi connectivity index (χ1) is 9.60. The van der Waals surface area contributed by atoms with Gasteiger partial charge in [0.25, 0.3) is 0 Å². The van der Waals surface area contributed by atoms with Crippen molar-refractivity contribution in [2.75, 3.05) is 7.11 Å². The van der Waals surface area contributed by atoms with Crippen molar-refractivity contribution < 1.29 is 4.74 Å². The number of rotatable bonds is 5. The lowest BCUT2D eigenvalue weighted by atomic mass is 10.1. The molecule has 0 bridgehead atoms. The minimum absolute atomic E-state index is 0.305. The van der Waals surface area contributed by atoms with Crippen LogP contribution in [0.15, 0.2) is 46.9 Å². The van der Waals surface area contributed by atoms with E-state index in [0.717, 1.165) is 22.3 Å². The Morgan fingerprint density at radius 2 is 1.85 bits per heavy atom. The third kappa shape index (κ3) is 3.84. The minimum atomic E-state index is 0.305. The normalized spacial score (nSPS) is 12.2. The fraction of sp³-hybridized carbons (Fsp3) is 0.294. The predicted molar refractivity (Wildman–Crippen MR) is 87.1 cm³/mol. The van der Waals surface area contributed by atoms with Crippen LogP contribution in [-0.2, 0) is 6.54 Å². The Hall–Kier alpha value is -1.32. The maximum Gasteiger partial charge on any atom is 0.123 e. The van der Waals surface area contributed by atoms with Crippen molar-refractivity contribution in [1.82, 2.24) is 5.32 Å². The molecular formula is C17H20BrNO. The highest BCUT2D eigenvalue weighted by atomic mass is 79.9. The summed E-state index contributed by atoms with van der Waals surface area (Å²) in [6.45, 7) is 5.06. The molecule has 2 aromatic rings. The van der Waals surface area contributed by atoms with Gasteiger partial charge in [-0.2, -0.15) is 0 Å². The van der Waals surface area contributed by atoms with Crippen molar-refractivity contribution in [2.24, 2.45) is 0 Å².